The van der Waals surface area contributed by atoms with Gasteiger partial charge in [0.05, 0.1) is 23.2 Å². The largest absolute Gasteiger partial charge is 0.283 e. The number of carbonyl (C=O) groups is 1. The van der Waals surface area contributed by atoms with Crippen LogP contribution >= 0.6 is 23.2 Å². The van der Waals surface area contributed by atoms with Crippen LogP contribution in [0.25, 0.3) is 0 Å². The standard InChI is InChI=1S/C10H7Cl2N3O/c11-6-1-2-8(9(12)3-6)10(16)14-15-5-7(15)4-13/h1-3,7H,5H2,(H,14,16). The molecule has 82 valence electrons. The van der Waals surface area contributed by atoms with Crippen LogP contribution in [0.4, 0.5) is 0 Å². The number of carbonyl (C=O) groups excluding carboxylic acids is 1. The van der Waals surface area contributed by atoms with Gasteiger partial charge in [-0.2, -0.15) is 10.3 Å². The minimum Gasteiger partial charge on any atom is -0.283 e. The van der Waals surface area contributed by atoms with E-state index in [1.54, 1.807) is 12.1 Å². The first-order valence-corrected chi connectivity index (χ1v) is 5.29. The lowest BCUT2D eigenvalue weighted by atomic mass is 10.2. The van der Waals surface area contributed by atoms with Crippen LogP contribution in [-0.4, -0.2) is 23.5 Å². The maximum Gasteiger partial charge on any atom is 0.267 e. The van der Waals surface area contributed by atoms with Crippen LogP contribution in [0.5, 0.6) is 0 Å². The van der Waals surface area contributed by atoms with Gasteiger partial charge in [0.2, 0.25) is 0 Å². The normalized spacial score (nSPS) is 22.3. The van der Waals surface area contributed by atoms with Crippen molar-refractivity contribution in [2.24, 2.45) is 0 Å². The van der Waals surface area contributed by atoms with Gasteiger partial charge in [-0.25, -0.2) is 0 Å². The highest BCUT2D eigenvalue weighted by atomic mass is 35.5. The predicted molar refractivity (Wildman–Crippen MR) is 60.0 cm³/mol. The molecule has 6 heteroatoms. The van der Waals surface area contributed by atoms with Gasteiger partial charge in [0.1, 0.15) is 6.04 Å². The third-order valence-electron chi connectivity index (χ3n) is 2.18. The summed E-state index contributed by atoms with van der Waals surface area (Å²) < 4.78 is 0. The van der Waals surface area contributed by atoms with E-state index < -0.39 is 0 Å². The van der Waals surface area contributed by atoms with Gasteiger partial charge in [0, 0.05) is 5.02 Å². The lowest BCUT2D eigenvalue weighted by Crippen LogP contribution is -2.30. The molecule has 2 unspecified atom stereocenters. The first kappa shape index (κ1) is 11.2. The fourth-order valence-corrected chi connectivity index (χ4v) is 1.73. The molecule has 1 N–H and O–H groups in total. The van der Waals surface area contributed by atoms with Gasteiger partial charge in [-0.15, -0.1) is 0 Å². The fraction of sp³-hybridized carbons (Fsp3) is 0.200. The molecule has 1 amide bonds. The molecule has 2 atom stereocenters. The van der Waals surface area contributed by atoms with E-state index in [0.29, 0.717) is 22.2 Å². The van der Waals surface area contributed by atoms with Crippen molar-refractivity contribution in [2.75, 3.05) is 6.54 Å². The van der Waals surface area contributed by atoms with Crippen molar-refractivity contribution >= 4 is 29.1 Å². The summed E-state index contributed by atoms with van der Waals surface area (Å²) in [7, 11) is 0. The molecule has 0 radical (unpaired) electrons. The summed E-state index contributed by atoms with van der Waals surface area (Å²) in [5.74, 6) is -0.334. The zero-order valence-electron chi connectivity index (χ0n) is 8.08. The molecule has 1 aromatic carbocycles. The lowest BCUT2D eigenvalue weighted by Gasteiger charge is -2.06. The van der Waals surface area contributed by atoms with E-state index in [-0.39, 0.29) is 11.9 Å². The maximum atomic E-state index is 11.7. The summed E-state index contributed by atoms with van der Waals surface area (Å²) in [6.45, 7) is 0.549. The summed E-state index contributed by atoms with van der Waals surface area (Å²) in [5, 5.41) is 10.9. The molecule has 0 bridgehead atoms. The molecule has 0 saturated carbocycles. The van der Waals surface area contributed by atoms with E-state index in [1.165, 1.54) is 11.1 Å². The second kappa shape index (κ2) is 4.30. The van der Waals surface area contributed by atoms with Gasteiger partial charge < -0.3 is 0 Å². The van der Waals surface area contributed by atoms with Crippen molar-refractivity contribution in [3.63, 3.8) is 0 Å². The number of rotatable bonds is 2. The average Bonchev–Trinajstić information content (AvgIpc) is 2.96. The Hall–Kier alpha value is -1.28. The molecule has 1 saturated heterocycles. The smallest absolute Gasteiger partial charge is 0.267 e. The third-order valence-corrected chi connectivity index (χ3v) is 2.73. The van der Waals surface area contributed by atoms with Crippen molar-refractivity contribution in [2.45, 2.75) is 6.04 Å². The Labute approximate surface area is 102 Å². The zero-order chi connectivity index (χ0) is 11.7. The Balaban J connectivity index is 2.07. The highest BCUT2D eigenvalue weighted by Gasteiger charge is 2.35. The van der Waals surface area contributed by atoms with Crippen LogP contribution < -0.4 is 5.43 Å². The predicted octanol–water partition coefficient (Wildman–Crippen LogP) is 1.85. The zero-order valence-corrected chi connectivity index (χ0v) is 9.59. The molecule has 1 aliphatic heterocycles. The lowest BCUT2D eigenvalue weighted by molar-refractivity contribution is 0.0893. The molecule has 1 fully saturated rings. The number of nitrogens with zero attached hydrogens (tertiary/aromatic N) is 2. The Morgan fingerprint density at radius 3 is 2.88 bits per heavy atom. The Bertz CT molecular complexity index is 483. The number of nitriles is 1. The van der Waals surface area contributed by atoms with Crippen LogP contribution in [0, 0.1) is 11.3 Å². The monoisotopic (exact) mass is 255 g/mol. The number of hydrazine groups is 1. The highest BCUT2D eigenvalue weighted by molar-refractivity contribution is 6.36. The van der Waals surface area contributed by atoms with Crippen molar-refractivity contribution < 1.29 is 4.79 Å². The first-order chi connectivity index (χ1) is 7.61. The molecule has 16 heavy (non-hydrogen) atoms. The maximum absolute atomic E-state index is 11.7. The van der Waals surface area contributed by atoms with E-state index in [1.807, 2.05) is 6.07 Å². The minimum atomic E-state index is -0.334. The van der Waals surface area contributed by atoms with Crippen LogP contribution in [0.2, 0.25) is 10.0 Å². The second-order valence-electron chi connectivity index (χ2n) is 3.36. The molecule has 4 nitrogen and oxygen atoms in total. The number of hydrogen-bond donors (Lipinski definition) is 1. The SMILES string of the molecule is N#CC1CN1NC(=O)c1ccc(Cl)cc1Cl. The van der Waals surface area contributed by atoms with Gasteiger partial charge >= 0.3 is 0 Å². The molecule has 2 rings (SSSR count). The van der Waals surface area contributed by atoms with Crippen molar-refractivity contribution in [1.82, 2.24) is 10.4 Å². The van der Waals surface area contributed by atoms with Gasteiger partial charge in [-0.3, -0.25) is 10.2 Å². The van der Waals surface area contributed by atoms with Crippen LogP contribution in [0.1, 0.15) is 10.4 Å². The molecule has 1 aliphatic rings. The van der Waals surface area contributed by atoms with Crippen molar-refractivity contribution in [3.05, 3.63) is 33.8 Å². The number of halogens is 2. The second-order valence-corrected chi connectivity index (χ2v) is 4.21. The summed E-state index contributed by atoms with van der Waals surface area (Å²) in [6, 6.07) is 6.44. The topological polar surface area (TPSA) is 55.9 Å². The molecule has 1 aromatic rings. The van der Waals surface area contributed by atoms with Gasteiger partial charge in [0.15, 0.2) is 0 Å². The number of hydrogen-bond acceptors (Lipinski definition) is 3. The van der Waals surface area contributed by atoms with E-state index >= 15 is 0 Å². The van der Waals surface area contributed by atoms with E-state index in [2.05, 4.69) is 5.43 Å². The van der Waals surface area contributed by atoms with E-state index in [4.69, 9.17) is 28.5 Å². The Kier molecular flexibility index (Phi) is 3.01. The van der Waals surface area contributed by atoms with Gasteiger partial charge in [-0.05, 0) is 18.2 Å². The molecular formula is C10H7Cl2N3O. The molecule has 0 spiro atoms. The number of benzene rings is 1. The molecular weight excluding hydrogens is 249 g/mol. The number of amides is 1. The van der Waals surface area contributed by atoms with Crippen molar-refractivity contribution in [3.8, 4) is 6.07 Å². The molecule has 1 heterocycles. The minimum absolute atomic E-state index is 0.227. The van der Waals surface area contributed by atoms with E-state index in [0.717, 1.165) is 0 Å². The summed E-state index contributed by atoms with van der Waals surface area (Å²) in [6.07, 6.45) is 0. The summed E-state index contributed by atoms with van der Waals surface area (Å²) in [4.78, 5) is 11.7. The molecule has 0 aromatic heterocycles. The Morgan fingerprint density at radius 1 is 1.56 bits per heavy atom. The number of nitrogens with one attached hydrogen (secondary N) is 1. The van der Waals surface area contributed by atoms with Gasteiger partial charge in [0.25, 0.3) is 5.91 Å². The van der Waals surface area contributed by atoms with Crippen LogP contribution in [0.15, 0.2) is 18.2 Å². The van der Waals surface area contributed by atoms with Crippen molar-refractivity contribution in [1.29, 1.82) is 5.26 Å². The van der Waals surface area contributed by atoms with Crippen LogP contribution in [0.3, 0.4) is 0 Å². The summed E-state index contributed by atoms with van der Waals surface area (Å²) >= 11 is 11.6. The highest BCUT2D eigenvalue weighted by Crippen LogP contribution is 2.21. The average molecular weight is 256 g/mol. The quantitative estimate of drug-likeness (QED) is 0.821. The summed E-state index contributed by atoms with van der Waals surface area (Å²) in [5.41, 5.74) is 2.92. The Morgan fingerprint density at radius 2 is 2.31 bits per heavy atom. The van der Waals surface area contributed by atoms with Gasteiger partial charge in [-0.1, -0.05) is 23.2 Å². The first-order valence-electron chi connectivity index (χ1n) is 4.54. The fourth-order valence-electron chi connectivity index (χ4n) is 1.24. The molecule has 0 aliphatic carbocycles. The third kappa shape index (κ3) is 2.27. The van der Waals surface area contributed by atoms with E-state index in [9.17, 15) is 4.79 Å². The van der Waals surface area contributed by atoms with Crippen LogP contribution in [-0.2, 0) is 0 Å².